The van der Waals surface area contributed by atoms with E-state index in [1.165, 1.54) is 28.5 Å². The molecule has 0 radical (unpaired) electrons. The minimum absolute atomic E-state index is 0.437. The van der Waals surface area contributed by atoms with E-state index >= 15 is 0 Å². The van der Waals surface area contributed by atoms with Crippen LogP contribution >= 0.6 is 11.8 Å². The Morgan fingerprint density at radius 1 is 0.892 bits per heavy atom. The highest BCUT2D eigenvalue weighted by Gasteiger charge is 2.19. The normalized spacial score (nSPS) is 11.0. The van der Waals surface area contributed by atoms with Crippen LogP contribution in [0.5, 0.6) is 11.5 Å². The van der Waals surface area contributed by atoms with E-state index in [1.807, 2.05) is 36.4 Å². The van der Waals surface area contributed by atoms with E-state index in [4.69, 9.17) is 14.0 Å². The zero-order valence-electron chi connectivity index (χ0n) is 21.1. The molecule has 0 aliphatic heterocycles. The van der Waals surface area contributed by atoms with Gasteiger partial charge in [-0.3, -0.25) is 4.57 Å². The van der Waals surface area contributed by atoms with Crippen molar-refractivity contribution in [2.45, 2.75) is 31.2 Å². The van der Waals surface area contributed by atoms with Crippen LogP contribution in [-0.2, 0) is 12.2 Å². The fraction of sp³-hybridized carbons (Fsp3) is 0.214. The average Bonchev–Trinajstić information content (AvgIpc) is 3.56. The predicted octanol–water partition coefficient (Wildman–Crippen LogP) is 5.83. The highest BCUT2D eigenvalue weighted by atomic mass is 32.2. The van der Waals surface area contributed by atoms with Crippen molar-refractivity contribution in [2.24, 2.45) is 0 Å². The molecule has 0 spiro atoms. The summed E-state index contributed by atoms with van der Waals surface area (Å²) in [7, 11) is 3.22. The summed E-state index contributed by atoms with van der Waals surface area (Å²) in [5.74, 6) is 3.54. The van der Waals surface area contributed by atoms with Gasteiger partial charge < -0.3 is 14.0 Å². The zero-order valence-corrected chi connectivity index (χ0v) is 22.0. The standard InChI is InChI=1S/C28H27N5O3S/c1-18-10-11-21(14-19(18)2)33-25(15-20-8-6-5-7-9-20)30-31-28(33)37-17-26-29-27(32-36-26)23-16-22(34-3)12-13-24(23)35-4/h5-14,16H,15,17H2,1-4H3. The Bertz CT molecular complexity index is 1510. The second-order valence-electron chi connectivity index (χ2n) is 8.53. The minimum Gasteiger partial charge on any atom is -0.497 e. The summed E-state index contributed by atoms with van der Waals surface area (Å²) in [5.41, 5.74) is 5.34. The van der Waals surface area contributed by atoms with Crippen LogP contribution in [0.25, 0.3) is 17.1 Å². The van der Waals surface area contributed by atoms with E-state index in [2.05, 4.69) is 69.1 Å². The van der Waals surface area contributed by atoms with E-state index in [-0.39, 0.29) is 0 Å². The van der Waals surface area contributed by atoms with Crippen LogP contribution in [-0.4, -0.2) is 39.1 Å². The average molecular weight is 514 g/mol. The van der Waals surface area contributed by atoms with Crippen LogP contribution in [0.2, 0.25) is 0 Å². The molecular weight excluding hydrogens is 486 g/mol. The fourth-order valence-corrected chi connectivity index (χ4v) is 4.76. The van der Waals surface area contributed by atoms with Crippen molar-refractivity contribution in [3.63, 3.8) is 0 Å². The fourth-order valence-electron chi connectivity index (χ4n) is 3.95. The highest BCUT2D eigenvalue weighted by Crippen LogP contribution is 2.33. The second-order valence-corrected chi connectivity index (χ2v) is 9.47. The Hall–Kier alpha value is -4.11. The maximum absolute atomic E-state index is 5.56. The molecule has 0 fully saturated rings. The highest BCUT2D eigenvalue weighted by molar-refractivity contribution is 7.98. The maximum atomic E-state index is 5.56. The van der Waals surface area contributed by atoms with Gasteiger partial charge in [-0.25, -0.2) is 0 Å². The first-order valence-electron chi connectivity index (χ1n) is 11.8. The first-order chi connectivity index (χ1) is 18.1. The minimum atomic E-state index is 0.437. The summed E-state index contributed by atoms with van der Waals surface area (Å²) in [6, 6.07) is 22.1. The van der Waals surface area contributed by atoms with Gasteiger partial charge in [-0.15, -0.1) is 10.2 Å². The number of nitrogens with zero attached hydrogens (tertiary/aromatic N) is 5. The number of aromatic nitrogens is 5. The number of thioether (sulfide) groups is 1. The van der Waals surface area contributed by atoms with Crippen LogP contribution in [0, 0.1) is 13.8 Å². The third kappa shape index (κ3) is 5.36. The van der Waals surface area contributed by atoms with Crippen molar-refractivity contribution in [3.05, 3.63) is 95.1 Å². The number of rotatable bonds is 9. The topological polar surface area (TPSA) is 88.1 Å². The lowest BCUT2D eigenvalue weighted by atomic mass is 10.1. The lowest BCUT2D eigenvalue weighted by Crippen LogP contribution is -2.04. The lowest BCUT2D eigenvalue weighted by Gasteiger charge is -2.12. The van der Waals surface area contributed by atoms with E-state index < -0.39 is 0 Å². The molecule has 0 aliphatic carbocycles. The van der Waals surface area contributed by atoms with Gasteiger partial charge in [0.1, 0.15) is 17.3 Å². The van der Waals surface area contributed by atoms with Crippen molar-refractivity contribution >= 4 is 11.8 Å². The van der Waals surface area contributed by atoms with Crippen LogP contribution in [0.15, 0.2) is 76.4 Å². The Kier molecular flexibility index (Phi) is 7.23. The molecule has 0 unspecified atom stereocenters. The molecule has 5 rings (SSSR count). The molecule has 3 aromatic carbocycles. The molecule has 0 bridgehead atoms. The third-order valence-corrected chi connectivity index (χ3v) is 7.01. The van der Waals surface area contributed by atoms with Crippen LogP contribution in [0.1, 0.15) is 28.4 Å². The predicted molar refractivity (Wildman–Crippen MR) is 142 cm³/mol. The number of aryl methyl sites for hydroxylation is 2. The van der Waals surface area contributed by atoms with E-state index in [0.717, 1.165) is 16.7 Å². The molecule has 0 amide bonds. The van der Waals surface area contributed by atoms with Crippen molar-refractivity contribution in [2.75, 3.05) is 14.2 Å². The zero-order chi connectivity index (χ0) is 25.8. The van der Waals surface area contributed by atoms with Gasteiger partial charge in [0.15, 0.2) is 5.16 Å². The van der Waals surface area contributed by atoms with E-state index in [9.17, 15) is 0 Å². The first-order valence-corrected chi connectivity index (χ1v) is 12.8. The molecule has 37 heavy (non-hydrogen) atoms. The Labute approximate surface area is 219 Å². The van der Waals surface area contributed by atoms with E-state index in [1.54, 1.807) is 14.2 Å². The summed E-state index contributed by atoms with van der Waals surface area (Å²) in [6.07, 6.45) is 0.668. The van der Waals surface area contributed by atoms with Gasteiger partial charge in [-0.1, -0.05) is 53.3 Å². The molecule has 2 aromatic heterocycles. The van der Waals surface area contributed by atoms with Gasteiger partial charge in [-0.2, -0.15) is 4.98 Å². The van der Waals surface area contributed by atoms with Crippen molar-refractivity contribution in [1.82, 2.24) is 24.9 Å². The molecule has 0 saturated heterocycles. The van der Waals surface area contributed by atoms with Crippen LogP contribution in [0.3, 0.4) is 0 Å². The molecule has 2 heterocycles. The Morgan fingerprint density at radius 2 is 1.73 bits per heavy atom. The number of hydrogen-bond acceptors (Lipinski definition) is 8. The van der Waals surface area contributed by atoms with Gasteiger partial charge in [-0.05, 0) is 60.9 Å². The molecule has 8 nitrogen and oxygen atoms in total. The second kappa shape index (κ2) is 10.9. The largest absolute Gasteiger partial charge is 0.497 e. The van der Waals surface area contributed by atoms with Crippen LogP contribution in [0.4, 0.5) is 0 Å². The molecule has 5 aromatic rings. The smallest absolute Gasteiger partial charge is 0.237 e. The van der Waals surface area contributed by atoms with Crippen molar-refractivity contribution < 1.29 is 14.0 Å². The Morgan fingerprint density at radius 3 is 2.49 bits per heavy atom. The van der Waals surface area contributed by atoms with Gasteiger partial charge in [0, 0.05) is 12.1 Å². The summed E-state index contributed by atoms with van der Waals surface area (Å²) < 4.78 is 18.5. The number of methoxy groups -OCH3 is 2. The monoisotopic (exact) mass is 513 g/mol. The molecule has 0 saturated carbocycles. The summed E-state index contributed by atoms with van der Waals surface area (Å²) in [6.45, 7) is 4.22. The van der Waals surface area contributed by atoms with Gasteiger partial charge in [0.2, 0.25) is 11.7 Å². The van der Waals surface area contributed by atoms with Crippen molar-refractivity contribution in [1.29, 1.82) is 0 Å². The Balaban J connectivity index is 1.43. The van der Waals surface area contributed by atoms with Crippen LogP contribution < -0.4 is 9.47 Å². The number of ether oxygens (including phenoxy) is 2. The first kappa shape index (κ1) is 24.6. The summed E-state index contributed by atoms with van der Waals surface area (Å²) in [5, 5.41) is 14.0. The lowest BCUT2D eigenvalue weighted by molar-refractivity contribution is 0.389. The third-order valence-electron chi connectivity index (χ3n) is 6.09. The molecule has 0 N–H and O–H groups in total. The maximum Gasteiger partial charge on any atom is 0.237 e. The van der Waals surface area contributed by atoms with Gasteiger partial charge >= 0.3 is 0 Å². The molecule has 0 aliphatic rings. The quantitative estimate of drug-likeness (QED) is 0.227. The molecule has 9 heteroatoms. The van der Waals surface area contributed by atoms with Gasteiger partial charge in [0.05, 0.1) is 25.5 Å². The molecule has 188 valence electrons. The molecule has 0 atom stereocenters. The van der Waals surface area contributed by atoms with Crippen molar-refractivity contribution in [3.8, 4) is 28.6 Å². The van der Waals surface area contributed by atoms with E-state index in [0.29, 0.717) is 41.0 Å². The SMILES string of the molecule is COc1ccc(OC)c(-c2noc(CSc3nnc(Cc4ccccc4)n3-c3ccc(C)c(C)c3)n2)c1. The number of benzene rings is 3. The summed E-state index contributed by atoms with van der Waals surface area (Å²) >= 11 is 1.50. The van der Waals surface area contributed by atoms with Gasteiger partial charge in [0.25, 0.3) is 0 Å². The number of hydrogen-bond donors (Lipinski definition) is 0. The summed E-state index contributed by atoms with van der Waals surface area (Å²) in [4.78, 5) is 4.59. The molecular formula is C28H27N5O3S.